The van der Waals surface area contributed by atoms with Gasteiger partial charge in [-0.3, -0.25) is 4.79 Å². The lowest BCUT2D eigenvalue weighted by molar-refractivity contribution is -0.00672. The van der Waals surface area contributed by atoms with Gasteiger partial charge in [0, 0.05) is 23.7 Å². The van der Waals surface area contributed by atoms with Crippen molar-refractivity contribution in [3.8, 4) is 0 Å². The van der Waals surface area contributed by atoms with Crippen LogP contribution in [-0.2, 0) is 11.3 Å². The summed E-state index contributed by atoms with van der Waals surface area (Å²) in [6, 6.07) is 13.2. The zero-order chi connectivity index (χ0) is 16.9. The summed E-state index contributed by atoms with van der Waals surface area (Å²) in [7, 11) is 0. The predicted molar refractivity (Wildman–Crippen MR) is 91.6 cm³/mol. The molecule has 0 aliphatic carbocycles. The second-order valence-corrected chi connectivity index (χ2v) is 6.40. The molecule has 1 aliphatic rings. The highest BCUT2D eigenvalue weighted by molar-refractivity contribution is 6.30. The minimum atomic E-state index is -0.340. The van der Waals surface area contributed by atoms with Crippen molar-refractivity contribution in [1.29, 1.82) is 0 Å². The molecule has 0 N–H and O–H groups in total. The minimum Gasteiger partial charge on any atom is -0.372 e. The number of carbonyl (C=O) groups excluding carboxylic acids is 1. The van der Waals surface area contributed by atoms with Crippen molar-refractivity contribution >= 4 is 17.5 Å². The molecule has 1 fully saturated rings. The van der Waals surface area contributed by atoms with E-state index < -0.39 is 0 Å². The van der Waals surface area contributed by atoms with E-state index in [-0.39, 0.29) is 17.8 Å². The molecular formula is C19H19ClFNO2. The molecule has 1 amide bonds. The van der Waals surface area contributed by atoms with E-state index in [4.69, 9.17) is 16.3 Å². The minimum absolute atomic E-state index is 0.00197. The molecule has 2 aromatic rings. The van der Waals surface area contributed by atoms with Crippen molar-refractivity contribution in [2.75, 3.05) is 13.1 Å². The summed E-state index contributed by atoms with van der Waals surface area (Å²) in [4.78, 5) is 14.3. The molecule has 0 saturated carbocycles. The first-order valence-electron chi connectivity index (χ1n) is 8.03. The number of halogens is 2. The fraction of sp³-hybridized carbons (Fsp3) is 0.316. The number of carbonyl (C=O) groups is 1. The normalized spacial score (nSPS) is 17.8. The Labute approximate surface area is 146 Å². The third kappa shape index (κ3) is 4.34. The number of likely N-dealkylation sites (tertiary alicyclic amines) is 1. The summed E-state index contributed by atoms with van der Waals surface area (Å²) in [5.41, 5.74) is 1.52. The smallest absolute Gasteiger partial charge is 0.253 e. The van der Waals surface area contributed by atoms with E-state index in [2.05, 4.69) is 0 Å². The predicted octanol–water partition coefficient (Wildman–Crippen LogP) is 4.30. The van der Waals surface area contributed by atoms with Crippen molar-refractivity contribution in [2.45, 2.75) is 25.6 Å². The Morgan fingerprint density at radius 1 is 1.25 bits per heavy atom. The first-order valence-corrected chi connectivity index (χ1v) is 8.40. The molecule has 0 unspecified atom stereocenters. The highest BCUT2D eigenvalue weighted by Gasteiger charge is 2.25. The molecule has 24 heavy (non-hydrogen) atoms. The Kier molecular flexibility index (Phi) is 5.48. The van der Waals surface area contributed by atoms with Crippen molar-refractivity contribution in [3.63, 3.8) is 0 Å². The Bertz CT molecular complexity index is 705. The van der Waals surface area contributed by atoms with Gasteiger partial charge in [-0.05, 0) is 54.8 Å². The van der Waals surface area contributed by atoms with Crippen LogP contribution in [0.3, 0.4) is 0 Å². The third-order valence-electron chi connectivity index (χ3n) is 4.13. The van der Waals surface area contributed by atoms with E-state index in [9.17, 15) is 9.18 Å². The molecule has 1 heterocycles. The maximum Gasteiger partial charge on any atom is 0.253 e. The van der Waals surface area contributed by atoms with E-state index in [1.165, 1.54) is 24.3 Å². The van der Waals surface area contributed by atoms with E-state index in [1.807, 2.05) is 24.3 Å². The van der Waals surface area contributed by atoms with Gasteiger partial charge in [0.2, 0.25) is 0 Å². The zero-order valence-corrected chi connectivity index (χ0v) is 14.0. The first kappa shape index (κ1) is 16.9. The van der Waals surface area contributed by atoms with Crippen LogP contribution in [0.1, 0.15) is 28.8 Å². The topological polar surface area (TPSA) is 29.5 Å². The quantitative estimate of drug-likeness (QED) is 0.825. The van der Waals surface area contributed by atoms with Crippen LogP contribution in [0.15, 0.2) is 48.5 Å². The monoisotopic (exact) mass is 347 g/mol. The van der Waals surface area contributed by atoms with Gasteiger partial charge in [-0.25, -0.2) is 4.39 Å². The summed E-state index contributed by atoms with van der Waals surface area (Å²) < 4.78 is 18.9. The lowest BCUT2D eigenvalue weighted by atomic mass is 10.1. The molecule has 1 aliphatic heterocycles. The Hall–Kier alpha value is -1.91. The number of piperidine rings is 1. The maximum absolute atomic E-state index is 13.0. The maximum atomic E-state index is 13.0. The number of amides is 1. The van der Waals surface area contributed by atoms with Crippen molar-refractivity contribution in [3.05, 3.63) is 70.5 Å². The van der Waals surface area contributed by atoms with Gasteiger partial charge in [0.25, 0.3) is 5.91 Å². The van der Waals surface area contributed by atoms with Crippen LogP contribution in [0.4, 0.5) is 4.39 Å². The van der Waals surface area contributed by atoms with Gasteiger partial charge in [0.15, 0.2) is 0 Å². The van der Waals surface area contributed by atoms with E-state index >= 15 is 0 Å². The van der Waals surface area contributed by atoms with E-state index in [1.54, 1.807) is 4.90 Å². The number of hydrogen-bond donors (Lipinski definition) is 0. The third-order valence-corrected chi connectivity index (χ3v) is 4.37. The molecular weight excluding hydrogens is 329 g/mol. The van der Waals surface area contributed by atoms with Gasteiger partial charge in [0.1, 0.15) is 5.82 Å². The highest BCUT2D eigenvalue weighted by Crippen LogP contribution is 2.19. The molecule has 3 nitrogen and oxygen atoms in total. The van der Waals surface area contributed by atoms with Crippen LogP contribution in [0.25, 0.3) is 0 Å². The van der Waals surface area contributed by atoms with Crippen LogP contribution in [0, 0.1) is 5.82 Å². The van der Waals surface area contributed by atoms with Crippen LogP contribution >= 0.6 is 11.6 Å². The van der Waals surface area contributed by atoms with E-state index in [0.29, 0.717) is 30.3 Å². The van der Waals surface area contributed by atoms with Crippen molar-refractivity contribution < 1.29 is 13.9 Å². The van der Waals surface area contributed by atoms with Gasteiger partial charge >= 0.3 is 0 Å². The molecule has 0 aromatic heterocycles. The average Bonchev–Trinajstić information content (AvgIpc) is 2.60. The first-order chi connectivity index (χ1) is 11.6. The summed E-state index contributed by atoms with van der Waals surface area (Å²) in [5, 5.41) is 0.688. The molecule has 2 aromatic carbocycles. The zero-order valence-electron chi connectivity index (χ0n) is 13.3. The number of ether oxygens (including phenoxy) is 1. The highest BCUT2D eigenvalue weighted by atomic mass is 35.5. The van der Waals surface area contributed by atoms with Gasteiger partial charge in [-0.2, -0.15) is 0 Å². The SMILES string of the molecule is O=C(c1ccc(F)cc1)N1CCC[C@H](OCc2cccc(Cl)c2)C1. The van der Waals surface area contributed by atoms with Crippen LogP contribution < -0.4 is 0 Å². The summed E-state index contributed by atoms with van der Waals surface area (Å²) in [6.07, 6.45) is 1.82. The molecule has 1 atom stereocenters. The summed E-state index contributed by atoms with van der Waals surface area (Å²) >= 11 is 5.97. The molecule has 0 bridgehead atoms. The lowest BCUT2D eigenvalue weighted by Gasteiger charge is -2.32. The molecule has 0 spiro atoms. The van der Waals surface area contributed by atoms with E-state index in [0.717, 1.165) is 18.4 Å². The lowest BCUT2D eigenvalue weighted by Crippen LogP contribution is -2.43. The second-order valence-electron chi connectivity index (χ2n) is 5.96. The largest absolute Gasteiger partial charge is 0.372 e. The summed E-state index contributed by atoms with van der Waals surface area (Å²) in [6.45, 7) is 1.73. The number of benzene rings is 2. The van der Waals surface area contributed by atoms with Crippen molar-refractivity contribution in [2.24, 2.45) is 0 Å². The van der Waals surface area contributed by atoms with Gasteiger partial charge in [-0.15, -0.1) is 0 Å². The number of nitrogens with zero attached hydrogens (tertiary/aromatic N) is 1. The van der Waals surface area contributed by atoms with Crippen molar-refractivity contribution in [1.82, 2.24) is 4.90 Å². The fourth-order valence-corrected chi connectivity index (χ4v) is 3.09. The second kappa shape index (κ2) is 7.77. The van der Waals surface area contributed by atoms with Crippen LogP contribution in [-0.4, -0.2) is 30.0 Å². The molecule has 1 saturated heterocycles. The number of rotatable bonds is 4. The standard InChI is InChI=1S/C19H19ClFNO2/c20-16-4-1-3-14(11-16)13-24-18-5-2-10-22(12-18)19(23)15-6-8-17(21)9-7-15/h1,3-4,6-9,11,18H,2,5,10,12-13H2/t18-/m0/s1. The Morgan fingerprint density at radius 2 is 2.04 bits per heavy atom. The number of hydrogen-bond acceptors (Lipinski definition) is 2. The van der Waals surface area contributed by atoms with Crippen LogP contribution in [0.5, 0.6) is 0 Å². The molecule has 5 heteroatoms. The van der Waals surface area contributed by atoms with Gasteiger partial charge < -0.3 is 9.64 Å². The van der Waals surface area contributed by atoms with Gasteiger partial charge in [-0.1, -0.05) is 23.7 Å². The average molecular weight is 348 g/mol. The fourth-order valence-electron chi connectivity index (χ4n) is 2.87. The van der Waals surface area contributed by atoms with Crippen LogP contribution in [0.2, 0.25) is 5.02 Å². The Morgan fingerprint density at radius 3 is 2.79 bits per heavy atom. The molecule has 3 rings (SSSR count). The molecule has 0 radical (unpaired) electrons. The van der Waals surface area contributed by atoms with Gasteiger partial charge in [0.05, 0.1) is 12.7 Å². The Balaban J connectivity index is 1.57. The molecule has 126 valence electrons. The summed E-state index contributed by atoms with van der Waals surface area (Å²) in [5.74, 6) is -0.418.